The van der Waals surface area contributed by atoms with Crippen molar-refractivity contribution in [3.05, 3.63) is 383 Å². The van der Waals surface area contributed by atoms with Gasteiger partial charge < -0.3 is 75.5 Å². The molecule has 0 amide bonds. The van der Waals surface area contributed by atoms with E-state index in [1.54, 1.807) is 206 Å². The van der Waals surface area contributed by atoms with Gasteiger partial charge in [0.15, 0.2) is 78.5 Å². The van der Waals surface area contributed by atoms with Crippen LogP contribution < -0.4 is 0 Å². The Balaban J connectivity index is 0.875. The number of oxazole rings is 1. The first-order valence-corrected chi connectivity index (χ1v) is 39.8. The second-order valence-corrected chi connectivity index (χ2v) is 29.0. The molecule has 0 unspecified atom stereocenters. The number of benzene rings is 11. The minimum atomic E-state index is -2.16. The van der Waals surface area contributed by atoms with E-state index in [1.807, 2.05) is 0 Å². The van der Waals surface area contributed by atoms with E-state index in [0.29, 0.717) is 11.1 Å². The fraction of sp³-hybridized carbons (Fsp3) is 0.189. The van der Waals surface area contributed by atoms with Crippen LogP contribution in [0.1, 0.15) is 104 Å². The quantitative estimate of drug-likeness (QED) is 0.0310. The maximum atomic E-state index is 15.2. The smallest absolute Gasteiger partial charge is 0.338 e. The van der Waals surface area contributed by atoms with Gasteiger partial charge in [0.2, 0.25) is 0 Å². The molecule has 0 bridgehead atoms. The number of carbonyl (C=O) groups excluding carboxylic acids is 10. The number of thioether (sulfide) groups is 1. The van der Waals surface area contributed by atoms with Crippen LogP contribution in [-0.4, -0.2) is 176 Å². The van der Waals surface area contributed by atoms with Crippen molar-refractivity contribution in [3.8, 4) is 0 Å². The van der Waals surface area contributed by atoms with Gasteiger partial charge in [-0.05, 0) is 145 Å². The van der Waals surface area contributed by atoms with Crippen molar-refractivity contribution >= 4 is 82.6 Å². The number of carbonyl (C=O) groups is 10. The van der Waals surface area contributed by atoms with Crippen molar-refractivity contribution in [1.82, 2.24) is 4.98 Å². The average Bonchev–Trinajstić information content (AvgIpc) is 1.33. The Morgan fingerprint density at radius 3 is 0.764 bits per heavy atom. The predicted molar refractivity (Wildman–Crippen MR) is 435 cm³/mol. The number of esters is 10. The molecule has 15 rings (SSSR count). The lowest BCUT2D eigenvalue weighted by atomic mass is 9.96. The van der Waals surface area contributed by atoms with Crippen LogP contribution in [0.25, 0.3) is 11.1 Å². The van der Waals surface area contributed by atoms with E-state index in [2.05, 4.69) is 0 Å². The molecule has 0 aliphatic carbocycles. The molecule has 0 spiro atoms. The van der Waals surface area contributed by atoms with Crippen LogP contribution in [0.3, 0.4) is 0 Å². The van der Waals surface area contributed by atoms with Crippen molar-refractivity contribution in [2.45, 2.75) is 96.5 Å². The molecule has 0 saturated carbocycles. The zero-order valence-corrected chi connectivity index (χ0v) is 65.7. The molecule has 622 valence electrons. The number of para-hydroxylation sites is 2. The van der Waals surface area contributed by atoms with E-state index in [4.69, 9.17) is 80.5 Å². The molecule has 11 aromatic carbocycles. The molecule has 27 nitrogen and oxygen atoms in total. The Bertz CT molecular complexity index is 5580. The average molecular weight is 1680 g/mol. The topological polar surface area (TPSA) is 335 Å². The first-order chi connectivity index (χ1) is 60.1. The molecule has 0 N–H and O–H groups in total. The number of rotatable bonds is 29. The summed E-state index contributed by atoms with van der Waals surface area (Å²) in [6, 6.07) is 83.4. The van der Waals surface area contributed by atoms with E-state index in [-0.39, 0.29) is 60.9 Å². The minimum Gasteiger partial charge on any atom is -0.459 e. The minimum absolute atomic E-state index is 0.00289. The molecular formula is C95H75NO26S. The summed E-state index contributed by atoms with van der Waals surface area (Å²) >= 11 is 0.783. The number of ether oxygens (including phenoxy) is 15. The summed E-state index contributed by atoms with van der Waals surface area (Å²) in [5.41, 5.74) is -1.04. The van der Waals surface area contributed by atoms with Crippen LogP contribution in [-0.2, 0) is 71.1 Å². The Morgan fingerprint density at radius 1 is 0.244 bits per heavy atom. The summed E-state index contributed by atoms with van der Waals surface area (Å²) in [7, 11) is 0. The van der Waals surface area contributed by atoms with Gasteiger partial charge >= 0.3 is 59.7 Å². The first-order valence-electron chi connectivity index (χ1n) is 38.9. The lowest BCUT2D eigenvalue weighted by Gasteiger charge is -2.47. The van der Waals surface area contributed by atoms with E-state index in [0.717, 1.165) is 11.8 Å². The van der Waals surface area contributed by atoms with Gasteiger partial charge in [0, 0.05) is 0 Å². The van der Waals surface area contributed by atoms with Gasteiger partial charge in [-0.1, -0.05) is 194 Å². The molecule has 12 aromatic rings. The first kappa shape index (κ1) is 83.8. The molecule has 0 radical (unpaired) electrons. The Labute approximate surface area is 706 Å². The number of aromatic nitrogens is 1. The molecule has 3 aliphatic rings. The Morgan fingerprint density at radius 2 is 0.472 bits per heavy atom. The van der Waals surface area contributed by atoms with Gasteiger partial charge in [-0.15, -0.1) is 0 Å². The zero-order valence-electron chi connectivity index (χ0n) is 64.9. The van der Waals surface area contributed by atoms with E-state index < -0.39 is 171 Å². The highest BCUT2D eigenvalue weighted by Crippen LogP contribution is 2.42. The molecule has 123 heavy (non-hydrogen) atoms. The van der Waals surface area contributed by atoms with Gasteiger partial charge in [0.1, 0.15) is 30.4 Å². The van der Waals surface area contributed by atoms with E-state index in [1.165, 1.54) is 121 Å². The zero-order chi connectivity index (χ0) is 85.0. The molecule has 28 heteroatoms. The van der Waals surface area contributed by atoms with Crippen molar-refractivity contribution in [2.24, 2.45) is 0 Å². The number of fused-ring (bicyclic) bond motifs is 1. The van der Waals surface area contributed by atoms with Crippen molar-refractivity contribution in [2.75, 3.05) is 19.8 Å². The third-order valence-corrected chi connectivity index (χ3v) is 20.8. The van der Waals surface area contributed by atoms with Crippen LogP contribution in [0.15, 0.2) is 337 Å². The standard InChI is InChI=1S/C95H75NO26S/c97-82(58-33-11-1-12-34-58)107-55-70-73(114-83(98)59-35-13-2-14-36-59)76(117-86(101)62-41-19-5-20-42-62)79(120-89(104)65-47-25-8-26-48-65)92(110-70)108-56-71-74(115-84(99)60-37-15-3-16-38-60)77(118-87(102)63-43-21-6-22-44-63)80(121-90(105)66-49-27-9-28-50-66)93(111-71)109-57-72-75(116-85(100)61-39-17-4-18-40-61)78(119-88(103)64-45-23-7-24-46-64)81(122-91(106)67-51-29-10-30-52-67)94(112-72)123-95-96-68-53-31-32-54-69(68)113-95/h1-54,70-81,92-94H,55-57H2/t70-,71-,72-,73-,74-,75-,76+,77+,78+,79-,80-,81-,92-,93-,94+/m1/s1. The summed E-state index contributed by atoms with van der Waals surface area (Å²) < 4.78 is 105. The van der Waals surface area contributed by atoms with Gasteiger partial charge in [-0.2, -0.15) is 0 Å². The summed E-state index contributed by atoms with van der Waals surface area (Å²) in [6.45, 7) is -2.71. The highest BCUT2D eigenvalue weighted by Gasteiger charge is 2.59. The van der Waals surface area contributed by atoms with Crippen LogP contribution in [0.5, 0.6) is 0 Å². The van der Waals surface area contributed by atoms with Gasteiger partial charge in [0.25, 0.3) is 5.22 Å². The summed E-state index contributed by atoms with van der Waals surface area (Å²) in [6.07, 6.45) is -27.4. The predicted octanol–water partition coefficient (Wildman–Crippen LogP) is 14.0. The van der Waals surface area contributed by atoms with E-state index >= 15 is 19.2 Å². The Kier molecular flexibility index (Phi) is 27.4. The van der Waals surface area contributed by atoms with Crippen LogP contribution in [0.4, 0.5) is 0 Å². The van der Waals surface area contributed by atoms with Crippen molar-refractivity contribution in [1.29, 1.82) is 0 Å². The lowest BCUT2D eigenvalue weighted by molar-refractivity contribution is -0.332. The second kappa shape index (κ2) is 40.2. The SMILES string of the molecule is O=C(OC[C@H]1O[C@@H](OC[C@H]2O[C@@H](OC[C@H]3O[C@@H](Sc4nc5ccccc5o4)[C@H](OC(=O)c4ccccc4)[C@@H](OC(=O)c4ccccc4)[C@@H]3OC(=O)c3ccccc3)[C@H](OC(=O)c3ccccc3)[C@@H](OC(=O)c3ccccc3)[C@@H]2OC(=O)c2ccccc2)[C@H](OC(=O)c2ccccc2)[C@@H](OC(=O)c2ccccc2)[C@@H]1OC(=O)c1ccccc1)c1ccccc1. The number of nitrogens with zero attached hydrogens (tertiary/aromatic N) is 1. The molecule has 4 heterocycles. The van der Waals surface area contributed by atoms with Crippen LogP contribution in [0.2, 0.25) is 0 Å². The van der Waals surface area contributed by atoms with Crippen LogP contribution in [0, 0.1) is 0 Å². The highest BCUT2D eigenvalue weighted by atomic mass is 32.2. The fourth-order valence-electron chi connectivity index (χ4n) is 13.7. The van der Waals surface area contributed by atoms with E-state index in [9.17, 15) is 28.8 Å². The number of hydrogen-bond donors (Lipinski definition) is 0. The van der Waals surface area contributed by atoms with Gasteiger partial charge in [-0.25, -0.2) is 52.9 Å². The third-order valence-electron chi connectivity index (χ3n) is 19.8. The fourth-order valence-corrected chi connectivity index (χ4v) is 14.7. The highest BCUT2D eigenvalue weighted by molar-refractivity contribution is 7.99. The molecule has 3 aliphatic heterocycles. The maximum absolute atomic E-state index is 15.2. The molecule has 3 saturated heterocycles. The normalized spacial score (nSPS) is 22.2. The maximum Gasteiger partial charge on any atom is 0.338 e. The summed E-state index contributed by atoms with van der Waals surface area (Å²) in [4.78, 5) is 154. The molecule has 1 aromatic heterocycles. The largest absolute Gasteiger partial charge is 0.459 e. The van der Waals surface area contributed by atoms with Crippen LogP contribution >= 0.6 is 11.8 Å². The lowest BCUT2D eigenvalue weighted by Crippen LogP contribution is -2.65. The second-order valence-electron chi connectivity index (χ2n) is 27.9. The third kappa shape index (κ3) is 21.0. The van der Waals surface area contributed by atoms with Gasteiger partial charge in [-0.3, -0.25) is 0 Å². The summed E-state index contributed by atoms with van der Waals surface area (Å²) in [5, 5.41) is -0.0528. The summed E-state index contributed by atoms with van der Waals surface area (Å²) in [5.74, 6) is -10.3. The number of hydrogen-bond acceptors (Lipinski definition) is 28. The molecule has 3 fully saturated rings. The van der Waals surface area contributed by atoms with Crippen molar-refractivity contribution in [3.63, 3.8) is 0 Å². The monoisotopic (exact) mass is 1680 g/mol. The Hall–Kier alpha value is -14.3. The molecular weight excluding hydrogens is 1600 g/mol. The van der Waals surface area contributed by atoms with Crippen molar-refractivity contribution < 1.29 is 123 Å². The van der Waals surface area contributed by atoms with Gasteiger partial charge in [0.05, 0.1) is 68.8 Å². The molecule has 15 atom stereocenters.